The third-order valence-corrected chi connectivity index (χ3v) is 2.62. The highest BCUT2D eigenvalue weighted by atomic mass is 16.3. The number of nitrogens with zero attached hydrogens (tertiary/aromatic N) is 2. The van der Waals surface area contributed by atoms with E-state index in [-0.39, 0.29) is 0 Å². The number of phenolic OH excluding ortho intramolecular Hbond substituents is 1. The van der Waals surface area contributed by atoms with E-state index in [1.54, 1.807) is 12.1 Å². The summed E-state index contributed by atoms with van der Waals surface area (Å²) in [5.74, 6) is 0.300. The molecule has 1 aromatic heterocycles. The highest BCUT2D eigenvalue weighted by Crippen LogP contribution is 2.11. The summed E-state index contributed by atoms with van der Waals surface area (Å²) in [5.41, 5.74) is 2.25. The molecule has 0 unspecified atom stereocenters. The van der Waals surface area contributed by atoms with Crippen LogP contribution in [-0.4, -0.2) is 28.3 Å². The van der Waals surface area contributed by atoms with Crippen LogP contribution in [0.2, 0.25) is 0 Å². The number of benzene rings is 1. The predicted molar refractivity (Wildman–Crippen MR) is 67.1 cm³/mol. The molecule has 0 aliphatic carbocycles. The van der Waals surface area contributed by atoms with Crippen LogP contribution in [0.5, 0.6) is 5.75 Å². The van der Waals surface area contributed by atoms with Gasteiger partial charge in [-0.1, -0.05) is 12.1 Å². The van der Waals surface area contributed by atoms with Crippen molar-refractivity contribution in [3.8, 4) is 5.75 Å². The predicted octanol–water partition coefficient (Wildman–Crippen LogP) is 1.40. The smallest absolute Gasteiger partial charge is 0.115 e. The summed E-state index contributed by atoms with van der Waals surface area (Å²) in [4.78, 5) is 4.34. The Balaban J connectivity index is 1.98. The summed E-state index contributed by atoms with van der Waals surface area (Å²) in [6.07, 6.45) is 4.85. The molecule has 4 heteroatoms. The van der Waals surface area contributed by atoms with Gasteiger partial charge in [-0.2, -0.15) is 0 Å². The van der Waals surface area contributed by atoms with E-state index in [9.17, 15) is 5.11 Å². The van der Waals surface area contributed by atoms with Crippen LogP contribution in [0.3, 0.4) is 0 Å². The molecular weight excluding hydrogens is 214 g/mol. The van der Waals surface area contributed by atoms with Crippen LogP contribution >= 0.6 is 0 Å². The van der Waals surface area contributed by atoms with Gasteiger partial charge in [0.2, 0.25) is 0 Å². The van der Waals surface area contributed by atoms with Crippen molar-refractivity contribution < 1.29 is 5.11 Å². The Morgan fingerprint density at radius 2 is 2.06 bits per heavy atom. The van der Waals surface area contributed by atoms with Gasteiger partial charge in [-0.15, -0.1) is 0 Å². The van der Waals surface area contributed by atoms with Crippen molar-refractivity contribution in [1.82, 2.24) is 14.9 Å². The quantitative estimate of drug-likeness (QED) is 0.817. The molecule has 0 aliphatic heterocycles. The zero-order chi connectivity index (χ0) is 12.1. The van der Waals surface area contributed by atoms with Crippen LogP contribution in [0.25, 0.3) is 0 Å². The summed E-state index contributed by atoms with van der Waals surface area (Å²) >= 11 is 0. The molecule has 0 saturated carbocycles. The lowest BCUT2D eigenvalue weighted by Gasteiger charge is -2.02. The Morgan fingerprint density at radius 1 is 1.29 bits per heavy atom. The molecule has 0 saturated heterocycles. The van der Waals surface area contributed by atoms with Crippen LogP contribution in [0.4, 0.5) is 0 Å². The highest BCUT2D eigenvalue weighted by molar-refractivity contribution is 5.26. The van der Waals surface area contributed by atoms with E-state index >= 15 is 0 Å². The lowest BCUT2D eigenvalue weighted by atomic mass is 10.2. The van der Waals surface area contributed by atoms with E-state index in [0.717, 1.165) is 30.8 Å². The number of rotatable bonds is 5. The molecule has 2 N–H and O–H groups in total. The fourth-order valence-electron chi connectivity index (χ4n) is 1.69. The minimum atomic E-state index is 0.300. The second-order valence-corrected chi connectivity index (χ2v) is 4.06. The Morgan fingerprint density at radius 3 is 2.76 bits per heavy atom. The molecule has 4 nitrogen and oxygen atoms in total. The summed E-state index contributed by atoms with van der Waals surface area (Å²) in [6.45, 7) is 1.73. The van der Waals surface area contributed by atoms with E-state index in [1.165, 1.54) is 0 Å². The maximum atomic E-state index is 9.20. The minimum Gasteiger partial charge on any atom is -0.508 e. The first-order valence-corrected chi connectivity index (χ1v) is 5.71. The van der Waals surface area contributed by atoms with Gasteiger partial charge in [-0.25, -0.2) is 4.98 Å². The molecule has 1 heterocycles. The standard InChI is InChI=1S/C13H17N3O/c1-14-7-6-12-9-16(10-15-12)8-11-2-4-13(17)5-3-11/h2-5,9-10,14,17H,6-8H2,1H3. The van der Waals surface area contributed by atoms with Gasteiger partial charge >= 0.3 is 0 Å². The second kappa shape index (κ2) is 5.50. The highest BCUT2D eigenvalue weighted by Gasteiger charge is 1.99. The zero-order valence-electron chi connectivity index (χ0n) is 9.93. The molecule has 0 radical (unpaired) electrons. The number of aromatic nitrogens is 2. The van der Waals surface area contributed by atoms with Crippen LogP contribution in [0.1, 0.15) is 11.3 Å². The first-order valence-electron chi connectivity index (χ1n) is 5.71. The number of phenols is 1. The maximum absolute atomic E-state index is 9.20. The van der Waals surface area contributed by atoms with Gasteiger partial charge in [0.25, 0.3) is 0 Å². The molecular formula is C13H17N3O. The zero-order valence-corrected chi connectivity index (χ0v) is 9.93. The summed E-state index contributed by atoms with van der Waals surface area (Å²) < 4.78 is 2.05. The Bertz CT molecular complexity index is 462. The van der Waals surface area contributed by atoms with E-state index < -0.39 is 0 Å². The number of nitrogens with one attached hydrogen (secondary N) is 1. The van der Waals surface area contributed by atoms with Crippen molar-refractivity contribution in [2.45, 2.75) is 13.0 Å². The lowest BCUT2D eigenvalue weighted by molar-refractivity contribution is 0.475. The fourth-order valence-corrected chi connectivity index (χ4v) is 1.69. The van der Waals surface area contributed by atoms with Crippen LogP contribution in [0.15, 0.2) is 36.8 Å². The van der Waals surface area contributed by atoms with Gasteiger partial charge in [0.05, 0.1) is 12.0 Å². The SMILES string of the molecule is CNCCc1cn(Cc2ccc(O)cc2)cn1. The topological polar surface area (TPSA) is 50.1 Å². The Kier molecular flexibility index (Phi) is 3.77. The van der Waals surface area contributed by atoms with Crippen molar-refractivity contribution >= 4 is 0 Å². The molecule has 0 atom stereocenters. The third-order valence-electron chi connectivity index (χ3n) is 2.62. The van der Waals surface area contributed by atoms with Gasteiger partial charge in [-0.05, 0) is 24.7 Å². The summed E-state index contributed by atoms with van der Waals surface area (Å²) in [7, 11) is 1.94. The molecule has 0 fully saturated rings. The maximum Gasteiger partial charge on any atom is 0.115 e. The number of hydrogen-bond acceptors (Lipinski definition) is 3. The van der Waals surface area contributed by atoms with Crippen LogP contribution < -0.4 is 5.32 Å². The van der Waals surface area contributed by atoms with Crippen molar-refractivity contribution in [1.29, 1.82) is 0 Å². The van der Waals surface area contributed by atoms with Gasteiger partial charge < -0.3 is 15.0 Å². The van der Waals surface area contributed by atoms with Gasteiger partial charge in [0, 0.05) is 25.7 Å². The van der Waals surface area contributed by atoms with Crippen LogP contribution in [-0.2, 0) is 13.0 Å². The molecule has 17 heavy (non-hydrogen) atoms. The van der Waals surface area contributed by atoms with Gasteiger partial charge in [-0.3, -0.25) is 0 Å². The summed E-state index contributed by atoms with van der Waals surface area (Å²) in [5, 5.41) is 12.3. The lowest BCUT2D eigenvalue weighted by Crippen LogP contribution is -2.10. The molecule has 0 bridgehead atoms. The Labute approximate surface area is 101 Å². The first-order chi connectivity index (χ1) is 8.28. The molecule has 0 aliphatic rings. The van der Waals surface area contributed by atoms with E-state index in [4.69, 9.17) is 0 Å². The molecule has 2 rings (SSSR count). The fraction of sp³-hybridized carbons (Fsp3) is 0.308. The van der Waals surface area contributed by atoms with Gasteiger partial charge in [0.15, 0.2) is 0 Å². The number of imidazole rings is 1. The monoisotopic (exact) mass is 231 g/mol. The molecule has 90 valence electrons. The molecule has 2 aromatic rings. The molecule has 1 aromatic carbocycles. The van der Waals surface area contributed by atoms with Crippen molar-refractivity contribution in [2.24, 2.45) is 0 Å². The first kappa shape index (κ1) is 11.7. The van der Waals surface area contributed by atoms with E-state index in [1.807, 2.05) is 25.5 Å². The molecule has 0 spiro atoms. The molecule has 0 amide bonds. The van der Waals surface area contributed by atoms with E-state index in [0.29, 0.717) is 5.75 Å². The van der Waals surface area contributed by atoms with E-state index in [2.05, 4.69) is 21.1 Å². The van der Waals surface area contributed by atoms with Crippen molar-refractivity contribution in [3.05, 3.63) is 48.0 Å². The largest absolute Gasteiger partial charge is 0.508 e. The van der Waals surface area contributed by atoms with Crippen molar-refractivity contribution in [2.75, 3.05) is 13.6 Å². The average Bonchev–Trinajstić information content (AvgIpc) is 2.77. The van der Waals surface area contributed by atoms with Crippen LogP contribution in [0, 0.1) is 0 Å². The Hall–Kier alpha value is -1.81. The number of hydrogen-bond donors (Lipinski definition) is 2. The normalized spacial score (nSPS) is 10.6. The third kappa shape index (κ3) is 3.32. The summed E-state index contributed by atoms with van der Waals surface area (Å²) in [6, 6.07) is 7.24. The number of likely N-dealkylation sites (N-methyl/N-ethyl adjacent to an activating group) is 1. The second-order valence-electron chi connectivity index (χ2n) is 4.06. The van der Waals surface area contributed by atoms with Gasteiger partial charge in [0.1, 0.15) is 5.75 Å². The average molecular weight is 231 g/mol. The number of aromatic hydroxyl groups is 1. The van der Waals surface area contributed by atoms with Crippen molar-refractivity contribution in [3.63, 3.8) is 0 Å². The minimum absolute atomic E-state index is 0.300.